The quantitative estimate of drug-likeness (QED) is 0.178. The van der Waals surface area contributed by atoms with Crippen molar-refractivity contribution < 1.29 is 13.9 Å². The number of nitrogens with zero attached hydrogens (tertiary/aromatic N) is 3. The highest BCUT2D eigenvalue weighted by Gasteiger charge is 2.58. The van der Waals surface area contributed by atoms with Gasteiger partial charge in [0.15, 0.2) is 0 Å². The SMILES string of the molecule is CCN(CC)c1ccc2c(c1)Oc1cc(N(CC)CC)ccc1C21c2ccccc2C(=O)N1c1c(C)c2ccccc2oc1=O. The van der Waals surface area contributed by atoms with E-state index in [1.165, 1.54) is 0 Å². The molecular formula is C38H37N3O4. The van der Waals surface area contributed by atoms with Crippen LogP contribution in [0.5, 0.6) is 11.5 Å². The van der Waals surface area contributed by atoms with E-state index in [4.69, 9.17) is 9.15 Å². The Morgan fingerprint density at radius 1 is 0.689 bits per heavy atom. The van der Waals surface area contributed by atoms with Crippen LogP contribution in [-0.4, -0.2) is 32.1 Å². The van der Waals surface area contributed by atoms with Gasteiger partial charge in [-0.15, -0.1) is 0 Å². The summed E-state index contributed by atoms with van der Waals surface area (Å²) in [4.78, 5) is 35.0. The second kappa shape index (κ2) is 10.8. The highest BCUT2D eigenvalue weighted by Crippen LogP contribution is 2.59. The van der Waals surface area contributed by atoms with E-state index in [0.717, 1.165) is 59.6 Å². The Balaban J connectivity index is 1.61. The Morgan fingerprint density at radius 2 is 1.24 bits per heavy atom. The van der Waals surface area contributed by atoms with Crippen LogP contribution in [0.3, 0.4) is 0 Å². The highest BCUT2D eigenvalue weighted by atomic mass is 16.5. The topological polar surface area (TPSA) is 66.2 Å². The first-order chi connectivity index (χ1) is 21.9. The fourth-order valence-corrected chi connectivity index (χ4v) is 7.36. The summed E-state index contributed by atoms with van der Waals surface area (Å²) in [6.07, 6.45) is 0. The molecule has 1 amide bonds. The molecule has 7 heteroatoms. The lowest BCUT2D eigenvalue weighted by Crippen LogP contribution is -2.49. The van der Waals surface area contributed by atoms with Crippen LogP contribution in [0, 0.1) is 6.92 Å². The largest absolute Gasteiger partial charge is 0.456 e. The summed E-state index contributed by atoms with van der Waals surface area (Å²) < 4.78 is 12.7. The summed E-state index contributed by atoms with van der Waals surface area (Å²) in [5.41, 5.74) is 4.68. The predicted molar refractivity (Wildman–Crippen MR) is 180 cm³/mol. The number of ether oxygens (including phenoxy) is 1. The smallest absolute Gasteiger partial charge is 0.360 e. The number of benzene rings is 4. The molecule has 0 aliphatic carbocycles. The van der Waals surface area contributed by atoms with Gasteiger partial charge in [0.2, 0.25) is 0 Å². The average molecular weight is 600 g/mol. The number of anilines is 3. The Bertz CT molecular complexity index is 1960. The van der Waals surface area contributed by atoms with Crippen molar-refractivity contribution in [3.8, 4) is 11.5 Å². The van der Waals surface area contributed by atoms with E-state index in [-0.39, 0.29) is 11.6 Å². The third-order valence-electron chi connectivity index (χ3n) is 9.54. The maximum atomic E-state index is 14.8. The lowest BCUT2D eigenvalue weighted by molar-refractivity contribution is 0.0984. The minimum Gasteiger partial charge on any atom is -0.456 e. The average Bonchev–Trinajstić information content (AvgIpc) is 3.30. The number of carbonyl (C=O) groups excluding carboxylic acids is 1. The molecule has 45 heavy (non-hydrogen) atoms. The molecule has 7 nitrogen and oxygen atoms in total. The molecule has 2 aliphatic rings. The van der Waals surface area contributed by atoms with Crippen molar-refractivity contribution in [1.82, 2.24) is 0 Å². The van der Waals surface area contributed by atoms with Crippen molar-refractivity contribution in [3.05, 3.63) is 123 Å². The van der Waals surface area contributed by atoms with E-state index in [1.54, 1.807) is 11.0 Å². The molecule has 228 valence electrons. The van der Waals surface area contributed by atoms with Gasteiger partial charge in [0.25, 0.3) is 5.91 Å². The van der Waals surface area contributed by atoms with Gasteiger partial charge in [-0.05, 0) is 64.4 Å². The number of rotatable bonds is 7. The van der Waals surface area contributed by atoms with Crippen LogP contribution in [-0.2, 0) is 5.54 Å². The van der Waals surface area contributed by atoms with Crippen LogP contribution < -0.4 is 25.1 Å². The van der Waals surface area contributed by atoms with E-state index in [0.29, 0.717) is 28.2 Å². The molecule has 4 aromatic carbocycles. The minimum atomic E-state index is -1.18. The lowest BCUT2D eigenvalue weighted by atomic mass is 9.74. The maximum Gasteiger partial charge on any atom is 0.360 e. The molecule has 0 unspecified atom stereocenters. The van der Waals surface area contributed by atoms with E-state index in [1.807, 2.05) is 49.4 Å². The lowest BCUT2D eigenvalue weighted by Gasteiger charge is -2.44. The number of hydrogen-bond acceptors (Lipinski definition) is 6. The van der Waals surface area contributed by atoms with Gasteiger partial charge >= 0.3 is 5.63 Å². The van der Waals surface area contributed by atoms with Gasteiger partial charge in [-0.3, -0.25) is 9.69 Å². The molecule has 7 rings (SSSR count). The molecule has 3 heterocycles. The van der Waals surface area contributed by atoms with E-state index >= 15 is 0 Å². The standard InChI is InChI=1S/C38H37N3O4/c1-6-39(7-2)25-18-20-30-33(22-25)44-34-23-26(40(8-3)9-4)19-21-31(34)38(30)29-16-12-10-15-28(29)36(42)41(38)35-24(5)27-14-11-13-17-32(27)45-37(35)43/h10-23H,6-9H2,1-5H3. The second-order valence-electron chi connectivity index (χ2n) is 11.6. The Labute approximate surface area is 263 Å². The number of amides is 1. The van der Waals surface area contributed by atoms with Crippen molar-refractivity contribution >= 4 is 33.9 Å². The third-order valence-corrected chi connectivity index (χ3v) is 9.54. The fraction of sp³-hybridized carbons (Fsp3) is 0.263. The summed E-state index contributed by atoms with van der Waals surface area (Å²) in [5.74, 6) is 1.05. The molecular weight excluding hydrogens is 562 g/mol. The molecule has 0 N–H and O–H groups in total. The van der Waals surface area contributed by atoms with Gasteiger partial charge in [-0.2, -0.15) is 0 Å². The van der Waals surface area contributed by atoms with Crippen LogP contribution in [0.4, 0.5) is 17.1 Å². The number of hydrogen-bond donors (Lipinski definition) is 0. The Kier molecular flexibility index (Phi) is 6.92. The Morgan fingerprint density at radius 3 is 1.84 bits per heavy atom. The zero-order valence-corrected chi connectivity index (χ0v) is 26.4. The van der Waals surface area contributed by atoms with Gasteiger partial charge < -0.3 is 19.0 Å². The van der Waals surface area contributed by atoms with Gasteiger partial charge in [0.05, 0.1) is 0 Å². The number of carbonyl (C=O) groups is 1. The van der Waals surface area contributed by atoms with Crippen LogP contribution in [0.2, 0.25) is 0 Å². The van der Waals surface area contributed by atoms with Gasteiger partial charge in [-0.1, -0.05) is 48.5 Å². The third kappa shape index (κ3) is 4.03. The number of aryl methyl sites for hydroxylation is 1. The molecule has 0 saturated heterocycles. The van der Waals surface area contributed by atoms with Crippen LogP contribution in [0.1, 0.15) is 60.3 Å². The first kappa shape index (κ1) is 28.7. The van der Waals surface area contributed by atoms with Crippen molar-refractivity contribution in [2.75, 3.05) is 40.9 Å². The minimum absolute atomic E-state index is 0.231. The van der Waals surface area contributed by atoms with Crippen molar-refractivity contribution in [2.24, 2.45) is 0 Å². The Hall–Kier alpha value is -5.04. The highest BCUT2D eigenvalue weighted by molar-refractivity contribution is 6.15. The first-order valence-corrected chi connectivity index (χ1v) is 15.8. The molecule has 0 bridgehead atoms. The van der Waals surface area contributed by atoms with Gasteiger partial charge in [-0.25, -0.2) is 4.79 Å². The van der Waals surface area contributed by atoms with E-state index in [9.17, 15) is 9.59 Å². The zero-order valence-electron chi connectivity index (χ0n) is 26.4. The zero-order chi connectivity index (χ0) is 31.5. The van der Waals surface area contributed by atoms with Crippen LogP contribution in [0.25, 0.3) is 11.0 Å². The molecule has 0 fully saturated rings. The molecule has 5 aromatic rings. The van der Waals surface area contributed by atoms with E-state index < -0.39 is 11.2 Å². The van der Waals surface area contributed by atoms with Crippen LogP contribution in [0.15, 0.2) is 94.1 Å². The maximum absolute atomic E-state index is 14.8. The summed E-state index contributed by atoms with van der Waals surface area (Å²) in [5, 5.41) is 0.785. The first-order valence-electron chi connectivity index (χ1n) is 15.8. The van der Waals surface area contributed by atoms with Crippen molar-refractivity contribution in [1.29, 1.82) is 0 Å². The molecule has 0 atom stereocenters. The number of para-hydroxylation sites is 1. The normalized spacial score (nSPS) is 14.2. The van der Waals surface area contributed by atoms with Gasteiger partial charge in [0.1, 0.15) is 28.3 Å². The summed E-state index contributed by atoms with van der Waals surface area (Å²) >= 11 is 0. The molecule has 1 aromatic heterocycles. The fourth-order valence-electron chi connectivity index (χ4n) is 7.36. The summed E-state index contributed by atoms with van der Waals surface area (Å²) in [6, 6.07) is 27.6. The van der Waals surface area contributed by atoms with Crippen molar-refractivity contribution in [2.45, 2.75) is 40.2 Å². The second-order valence-corrected chi connectivity index (χ2v) is 11.6. The van der Waals surface area contributed by atoms with Crippen molar-refractivity contribution in [3.63, 3.8) is 0 Å². The van der Waals surface area contributed by atoms with Gasteiger partial charge in [0, 0.05) is 77.3 Å². The molecule has 0 radical (unpaired) electrons. The molecule has 0 saturated carbocycles. The summed E-state index contributed by atoms with van der Waals surface area (Å²) in [7, 11) is 0. The molecule has 1 spiro atoms. The predicted octanol–water partition coefficient (Wildman–Crippen LogP) is 7.85. The number of fused-ring (bicyclic) bond motifs is 7. The van der Waals surface area contributed by atoms with E-state index in [2.05, 4.69) is 73.9 Å². The molecule has 2 aliphatic heterocycles. The monoisotopic (exact) mass is 599 g/mol. The van der Waals surface area contributed by atoms with Crippen LogP contribution >= 0.6 is 0 Å². The summed E-state index contributed by atoms with van der Waals surface area (Å²) in [6.45, 7) is 13.8.